The van der Waals surface area contributed by atoms with Gasteiger partial charge in [-0.2, -0.15) is 19.5 Å². The Balaban J connectivity index is 1.47. The number of aromatic nitrogens is 7. The fourth-order valence-corrected chi connectivity index (χ4v) is 3.33. The molecule has 0 amide bonds. The fraction of sp³-hybridized carbons (Fsp3) is 0.562. The second-order valence-electron chi connectivity index (χ2n) is 6.79. The van der Waals surface area contributed by atoms with E-state index in [4.69, 9.17) is 0 Å². The molecule has 0 aliphatic carbocycles. The minimum atomic E-state index is 0.387. The maximum absolute atomic E-state index is 4.68. The molecule has 1 aliphatic heterocycles. The van der Waals surface area contributed by atoms with Gasteiger partial charge in [0.2, 0.25) is 0 Å². The molecular formula is C16H23N9. The summed E-state index contributed by atoms with van der Waals surface area (Å²) in [7, 11) is 5.83. The molecule has 0 N–H and O–H groups in total. The van der Waals surface area contributed by atoms with Crippen molar-refractivity contribution < 1.29 is 0 Å². The van der Waals surface area contributed by atoms with Crippen LogP contribution in [0.5, 0.6) is 0 Å². The van der Waals surface area contributed by atoms with Crippen molar-refractivity contribution in [1.82, 2.24) is 39.7 Å². The number of aryl methyl sites for hydroxylation is 1. The van der Waals surface area contributed by atoms with E-state index < -0.39 is 0 Å². The summed E-state index contributed by atoms with van der Waals surface area (Å²) in [5.41, 5.74) is 1.83. The Hall–Kier alpha value is -2.55. The van der Waals surface area contributed by atoms with Crippen LogP contribution in [0.3, 0.4) is 0 Å². The largest absolute Gasteiger partial charge is 0.361 e. The SMILES string of the molecule is CN(C)c1ccc2nnc(C3CCN(Cc4cnn(C)n4)CC3)n2n1. The van der Waals surface area contributed by atoms with E-state index in [1.165, 1.54) is 0 Å². The van der Waals surface area contributed by atoms with E-state index in [9.17, 15) is 0 Å². The summed E-state index contributed by atoms with van der Waals surface area (Å²) in [6.07, 6.45) is 3.94. The molecular weight excluding hydrogens is 318 g/mol. The summed E-state index contributed by atoms with van der Waals surface area (Å²) in [6, 6.07) is 3.94. The maximum atomic E-state index is 4.68. The number of nitrogens with zero attached hydrogens (tertiary/aromatic N) is 9. The van der Waals surface area contributed by atoms with Crippen molar-refractivity contribution in [2.75, 3.05) is 32.1 Å². The van der Waals surface area contributed by atoms with Gasteiger partial charge >= 0.3 is 0 Å². The fourth-order valence-electron chi connectivity index (χ4n) is 3.33. The smallest absolute Gasteiger partial charge is 0.178 e. The number of rotatable bonds is 4. The van der Waals surface area contributed by atoms with Gasteiger partial charge < -0.3 is 4.90 Å². The van der Waals surface area contributed by atoms with Gasteiger partial charge in [0.1, 0.15) is 5.82 Å². The predicted molar refractivity (Wildman–Crippen MR) is 93.4 cm³/mol. The second kappa shape index (κ2) is 6.40. The minimum absolute atomic E-state index is 0.387. The molecule has 3 aromatic heterocycles. The average Bonchev–Trinajstić information content (AvgIpc) is 3.21. The first kappa shape index (κ1) is 15.9. The molecule has 1 saturated heterocycles. The molecule has 4 heterocycles. The zero-order chi connectivity index (χ0) is 17.4. The highest BCUT2D eigenvalue weighted by Crippen LogP contribution is 2.27. The second-order valence-corrected chi connectivity index (χ2v) is 6.79. The van der Waals surface area contributed by atoms with Crippen LogP contribution in [0, 0.1) is 0 Å². The first-order chi connectivity index (χ1) is 12.1. The highest BCUT2D eigenvalue weighted by molar-refractivity contribution is 5.45. The molecule has 0 unspecified atom stereocenters. The molecule has 4 rings (SSSR count). The summed E-state index contributed by atoms with van der Waals surface area (Å²) in [5, 5.41) is 21.9. The zero-order valence-corrected chi connectivity index (χ0v) is 14.9. The minimum Gasteiger partial charge on any atom is -0.361 e. The molecule has 0 atom stereocenters. The number of likely N-dealkylation sites (tertiary alicyclic amines) is 1. The van der Waals surface area contributed by atoms with Crippen LogP contribution in [0.15, 0.2) is 18.3 Å². The standard InChI is InChI=1S/C16H23N9/c1-22(2)15-5-4-14-18-19-16(25(14)21-15)12-6-8-24(9-7-12)11-13-10-17-23(3)20-13/h4-5,10,12H,6-9,11H2,1-3H3. The monoisotopic (exact) mass is 341 g/mol. The molecule has 25 heavy (non-hydrogen) atoms. The number of anilines is 1. The van der Waals surface area contributed by atoms with Gasteiger partial charge in [-0.15, -0.1) is 15.3 Å². The molecule has 0 bridgehead atoms. The highest BCUT2D eigenvalue weighted by Gasteiger charge is 2.25. The highest BCUT2D eigenvalue weighted by atomic mass is 15.5. The third-order valence-corrected chi connectivity index (χ3v) is 4.72. The lowest BCUT2D eigenvalue weighted by molar-refractivity contribution is 0.198. The normalized spacial score (nSPS) is 16.6. The average molecular weight is 341 g/mol. The predicted octanol–water partition coefficient (Wildman–Crippen LogP) is 0.698. The van der Waals surface area contributed by atoms with Gasteiger partial charge in [0, 0.05) is 33.6 Å². The Labute approximate surface area is 146 Å². The molecule has 132 valence electrons. The first-order valence-electron chi connectivity index (χ1n) is 8.57. The lowest BCUT2D eigenvalue weighted by Gasteiger charge is -2.30. The van der Waals surface area contributed by atoms with E-state index in [2.05, 4.69) is 30.4 Å². The Morgan fingerprint density at radius 2 is 1.92 bits per heavy atom. The van der Waals surface area contributed by atoms with E-state index in [1.807, 2.05) is 48.9 Å². The van der Waals surface area contributed by atoms with Gasteiger partial charge in [0.15, 0.2) is 11.5 Å². The van der Waals surface area contributed by atoms with E-state index in [-0.39, 0.29) is 0 Å². The lowest BCUT2D eigenvalue weighted by Crippen LogP contribution is -2.33. The Kier molecular flexibility index (Phi) is 4.08. The molecule has 0 spiro atoms. The molecule has 9 heteroatoms. The van der Waals surface area contributed by atoms with Crippen molar-refractivity contribution in [3.8, 4) is 0 Å². The van der Waals surface area contributed by atoms with Gasteiger partial charge in [-0.25, -0.2) is 0 Å². The summed E-state index contributed by atoms with van der Waals surface area (Å²) in [5.74, 6) is 2.27. The molecule has 1 aliphatic rings. The van der Waals surface area contributed by atoms with Crippen molar-refractivity contribution >= 4 is 11.5 Å². The van der Waals surface area contributed by atoms with Crippen LogP contribution in [0.4, 0.5) is 5.82 Å². The van der Waals surface area contributed by atoms with E-state index in [1.54, 1.807) is 4.80 Å². The van der Waals surface area contributed by atoms with E-state index in [0.717, 1.165) is 55.5 Å². The number of hydrogen-bond acceptors (Lipinski definition) is 7. The van der Waals surface area contributed by atoms with Crippen LogP contribution in [0.2, 0.25) is 0 Å². The van der Waals surface area contributed by atoms with Gasteiger partial charge in [0.25, 0.3) is 0 Å². The van der Waals surface area contributed by atoms with Gasteiger partial charge in [-0.1, -0.05) is 0 Å². The summed E-state index contributed by atoms with van der Waals surface area (Å²) >= 11 is 0. The van der Waals surface area contributed by atoms with Crippen LogP contribution in [0.1, 0.15) is 30.3 Å². The molecule has 9 nitrogen and oxygen atoms in total. The molecule has 0 aromatic carbocycles. The summed E-state index contributed by atoms with van der Waals surface area (Å²) in [6.45, 7) is 2.89. The number of fused-ring (bicyclic) bond motifs is 1. The third kappa shape index (κ3) is 3.19. The molecule has 0 saturated carbocycles. The third-order valence-electron chi connectivity index (χ3n) is 4.72. The topological polar surface area (TPSA) is 80.3 Å². The summed E-state index contributed by atoms with van der Waals surface area (Å²) in [4.78, 5) is 6.02. The number of piperidine rings is 1. The number of hydrogen-bond donors (Lipinski definition) is 0. The van der Waals surface area contributed by atoms with Crippen molar-refractivity contribution in [2.24, 2.45) is 7.05 Å². The molecule has 1 fully saturated rings. The van der Waals surface area contributed by atoms with Crippen LogP contribution >= 0.6 is 0 Å². The zero-order valence-electron chi connectivity index (χ0n) is 14.9. The lowest BCUT2D eigenvalue weighted by atomic mass is 9.96. The molecule has 0 radical (unpaired) electrons. The first-order valence-corrected chi connectivity index (χ1v) is 8.57. The Morgan fingerprint density at radius 3 is 2.60 bits per heavy atom. The van der Waals surface area contributed by atoms with Crippen molar-refractivity contribution in [3.05, 3.63) is 29.8 Å². The van der Waals surface area contributed by atoms with Crippen LogP contribution < -0.4 is 4.90 Å². The van der Waals surface area contributed by atoms with E-state index >= 15 is 0 Å². The van der Waals surface area contributed by atoms with Crippen molar-refractivity contribution in [3.63, 3.8) is 0 Å². The summed E-state index contributed by atoms with van der Waals surface area (Å²) < 4.78 is 1.90. The van der Waals surface area contributed by atoms with Gasteiger partial charge in [-0.3, -0.25) is 4.90 Å². The van der Waals surface area contributed by atoms with Crippen molar-refractivity contribution in [1.29, 1.82) is 0 Å². The maximum Gasteiger partial charge on any atom is 0.178 e. The van der Waals surface area contributed by atoms with Crippen LogP contribution in [-0.4, -0.2) is 66.9 Å². The Morgan fingerprint density at radius 1 is 1.12 bits per heavy atom. The van der Waals surface area contributed by atoms with Gasteiger partial charge in [-0.05, 0) is 38.1 Å². The molecule has 3 aromatic rings. The Bertz CT molecular complexity index is 857. The van der Waals surface area contributed by atoms with Crippen LogP contribution in [-0.2, 0) is 13.6 Å². The van der Waals surface area contributed by atoms with E-state index in [0.29, 0.717) is 5.92 Å². The van der Waals surface area contributed by atoms with Crippen LogP contribution in [0.25, 0.3) is 5.65 Å². The van der Waals surface area contributed by atoms with Crippen molar-refractivity contribution in [2.45, 2.75) is 25.3 Å². The van der Waals surface area contributed by atoms with Gasteiger partial charge in [0.05, 0.1) is 11.9 Å². The quantitative estimate of drug-likeness (QED) is 0.691.